The molecule has 5 nitrogen and oxygen atoms in total. The van der Waals surface area contributed by atoms with Gasteiger partial charge in [-0.2, -0.15) is 10.1 Å². The average Bonchev–Trinajstić information content (AvgIpc) is 2.76. The zero-order chi connectivity index (χ0) is 13.8. The molecule has 5 heteroatoms. The molecule has 110 valence electrons. The first kappa shape index (κ1) is 13.6. The third-order valence-electron chi connectivity index (χ3n) is 4.40. The highest BCUT2D eigenvalue weighted by Gasteiger charge is 2.20. The van der Waals surface area contributed by atoms with Crippen LogP contribution in [0.25, 0.3) is 0 Å². The molecule has 2 fully saturated rings. The third kappa shape index (κ3) is 3.19. The summed E-state index contributed by atoms with van der Waals surface area (Å²) in [5.74, 6) is 2.58. The Hall–Kier alpha value is -1.39. The van der Waals surface area contributed by atoms with Gasteiger partial charge < -0.3 is 9.80 Å². The van der Waals surface area contributed by atoms with Crippen LogP contribution < -0.4 is 9.80 Å². The zero-order valence-electron chi connectivity index (χ0n) is 12.5. The fourth-order valence-corrected chi connectivity index (χ4v) is 3.24. The normalized spacial score (nSPS) is 24.6. The van der Waals surface area contributed by atoms with Gasteiger partial charge in [0.1, 0.15) is 0 Å². The highest BCUT2D eigenvalue weighted by Crippen LogP contribution is 2.22. The molecule has 2 aliphatic heterocycles. The second-order valence-electron chi connectivity index (χ2n) is 6.21. The molecule has 0 bridgehead atoms. The van der Waals surface area contributed by atoms with Crippen molar-refractivity contribution in [3.8, 4) is 0 Å². The fraction of sp³-hybridized carbons (Fsp3) is 0.800. The van der Waals surface area contributed by atoms with Crippen LogP contribution in [0.4, 0.5) is 11.8 Å². The highest BCUT2D eigenvalue weighted by atomic mass is 15.3. The molecule has 2 saturated heterocycles. The van der Waals surface area contributed by atoms with Gasteiger partial charge in [-0.05, 0) is 31.6 Å². The molecule has 1 atom stereocenters. The first-order valence-corrected chi connectivity index (χ1v) is 8.02. The van der Waals surface area contributed by atoms with Gasteiger partial charge in [0.05, 0.1) is 6.20 Å². The van der Waals surface area contributed by atoms with Crippen molar-refractivity contribution >= 4 is 11.8 Å². The molecule has 0 N–H and O–H groups in total. The van der Waals surface area contributed by atoms with Crippen molar-refractivity contribution in [3.05, 3.63) is 6.20 Å². The predicted octanol–water partition coefficient (Wildman–Crippen LogP) is 2.49. The number of hydrogen-bond acceptors (Lipinski definition) is 5. The topological polar surface area (TPSA) is 45.2 Å². The van der Waals surface area contributed by atoms with E-state index < -0.39 is 0 Å². The maximum absolute atomic E-state index is 4.77. The Balaban J connectivity index is 1.74. The van der Waals surface area contributed by atoms with Gasteiger partial charge in [-0.25, -0.2) is 0 Å². The Morgan fingerprint density at radius 2 is 1.75 bits per heavy atom. The summed E-state index contributed by atoms with van der Waals surface area (Å²) in [6.07, 6.45) is 9.54. The van der Waals surface area contributed by atoms with Crippen LogP contribution in [-0.2, 0) is 0 Å². The van der Waals surface area contributed by atoms with E-state index in [4.69, 9.17) is 4.98 Å². The lowest BCUT2D eigenvalue weighted by Crippen LogP contribution is -2.35. The summed E-state index contributed by atoms with van der Waals surface area (Å²) in [4.78, 5) is 9.44. The molecule has 0 aromatic carbocycles. The monoisotopic (exact) mass is 275 g/mol. The van der Waals surface area contributed by atoms with Gasteiger partial charge in [0.2, 0.25) is 5.95 Å². The van der Waals surface area contributed by atoms with Gasteiger partial charge in [-0.1, -0.05) is 19.8 Å². The number of hydrogen-bond donors (Lipinski definition) is 0. The van der Waals surface area contributed by atoms with Gasteiger partial charge in [0.15, 0.2) is 5.82 Å². The van der Waals surface area contributed by atoms with Gasteiger partial charge in [-0.15, -0.1) is 5.10 Å². The van der Waals surface area contributed by atoms with Crippen molar-refractivity contribution in [2.24, 2.45) is 5.92 Å². The molecule has 1 aromatic heterocycles. The molecular formula is C15H25N5. The lowest BCUT2D eigenvalue weighted by molar-refractivity contribution is 0.444. The molecule has 0 spiro atoms. The molecule has 20 heavy (non-hydrogen) atoms. The lowest BCUT2D eigenvalue weighted by atomic mass is 10.0. The number of aromatic nitrogens is 3. The number of anilines is 2. The van der Waals surface area contributed by atoms with E-state index in [0.29, 0.717) is 0 Å². The first-order valence-electron chi connectivity index (χ1n) is 8.02. The van der Waals surface area contributed by atoms with Crippen molar-refractivity contribution in [1.82, 2.24) is 15.2 Å². The van der Waals surface area contributed by atoms with Gasteiger partial charge in [-0.3, -0.25) is 0 Å². The molecular weight excluding hydrogens is 250 g/mol. The minimum absolute atomic E-state index is 0.750. The zero-order valence-corrected chi connectivity index (χ0v) is 12.5. The van der Waals surface area contributed by atoms with Crippen LogP contribution in [0, 0.1) is 5.92 Å². The number of nitrogens with zero attached hydrogens (tertiary/aromatic N) is 5. The summed E-state index contributed by atoms with van der Waals surface area (Å²) >= 11 is 0. The summed E-state index contributed by atoms with van der Waals surface area (Å²) < 4.78 is 0. The van der Waals surface area contributed by atoms with Crippen LogP contribution in [0.1, 0.15) is 45.4 Å². The highest BCUT2D eigenvalue weighted by molar-refractivity contribution is 5.42. The van der Waals surface area contributed by atoms with E-state index in [1.807, 2.05) is 6.20 Å². The molecule has 0 amide bonds. The summed E-state index contributed by atoms with van der Waals surface area (Å²) in [6.45, 7) is 6.65. The third-order valence-corrected chi connectivity index (χ3v) is 4.40. The standard InChI is InChI=1S/C15H25N5/c1-13-7-6-10-20(12-13)14-11-16-18-15(17-14)19-8-4-2-3-5-9-19/h11,13H,2-10,12H2,1H3. The van der Waals surface area contributed by atoms with Crippen LogP contribution in [0.5, 0.6) is 0 Å². The Morgan fingerprint density at radius 3 is 2.50 bits per heavy atom. The van der Waals surface area contributed by atoms with Crippen molar-refractivity contribution in [1.29, 1.82) is 0 Å². The lowest BCUT2D eigenvalue weighted by Gasteiger charge is -2.32. The van der Waals surface area contributed by atoms with Crippen molar-refractivity contribution in [3.63, 3.8) is 0 Å². The van der Waals surface area contributed by atoms with Crippen LogP contribution in [0.3, 0.4) is 0 Å². The van der Waals surface area contributed by atoms with E-state index >= 15 is 0 Å². The summed E-state index contributed by atoms with van der Waals surface area (Å²) in [6, 6.07) is 0. The van der Waals surface area contributed by atoms with Crippen LogP contribution in [-0.4, -0.2) is 41.4 Å². The number of rotatable bonds is 2. The smallest absolute Gasteiger partial charge is 0.247 e. The van der Waals surface area contributed by atoms with E-state index in [1.165, 1.54) is 38.5 Å². The van der Waals surface area contributed by atoms with Gasteiger partial charge in [0.25, 0.3) is 0 Å². The predicted molar refractivity (Wildman–Crippen MR) is 81.1 cm³/mol. The summed E-state index contributed by atoms with van der Waals surface area (Å²) in [5, 5.41) is 8.45. The van der Waals surface area contributed by atoms with E-state index in [9.17, 15) is 0 Å². The Morgan fingerprint density at radius 1 is 1.00 bits per heavy atom. The second kappa shape index (κ2) is 6.37. The van der Waals surface area contributed by atoms with E-state index in [0.717, 1.165) is 43.9 Å². The van der Waals surface area contributed by atoms with E-state index in [-0.39, 0.29) is 0 Å². The molecule has 3 rings (SSSR count). The van der Waals surface area contributed by atoms with Gasteiger partial charge in [0, 0.05) is 26.2 Å². The van der Waals surface area contributed by atoms with Crippen LogP contribution >= 0.6 is 0 Å². The SMILES string of the molecule is CC1CCCN(c2cnnc(N3CCCCCC3)n2)C1. The average molecular weight is 275 g/mol. The maximum atomic E-state index is 4.77. The molecule has 0 radical (unpaired) electrons. The first-order chi connectivity index (χ1) is 9.83. The molecule has 2 aliphatic rings. The van der Waals surface area contributed by atoms with Crippen LogP contribution in [0.2, 0.25) is 0 Å². The van der Waals surface area contributed by atoms with Crippen molar-refractivity contribution < 1.29 is 0 Å². The Labute approximate surface area is 121 Å². The molecule has 0 aliphatic carbocycles. The molecule has 1 aromatic rings. The minimum Gasteiger partial charge on any atom is -0.355 e. The fourth-order valence-electron chi connectivity index (χ4n) is 3.24. The van der Waals surface area contributed by atoms with E-state index in [2.05, 4.69) is 26.9 Å². The maximum Gasteiger partial charge on any atom is 0.247 e. The Bertz CT molecular complexity index is 411. The van der Waals surface area contributed by atoms with Crippen LogP contribution in [0.15, 0.2) is 6.20 Å². The largest absolute Gasteiger partial charge is 0.355 e. The van der Waals surface area contributed by atoms with Crippen molar-refractivity contribution in [2.75, 3.05) is 36.0 Å². The molecule has 0 saturated carbocycles. The summed E-state index contributed by atoms with van der Waals surface area (Å²) in [7, 11) is 0. The number of piperidine rings is 1. The Kier molecular flexibility index (Phi) is 4.33. The van der Waals surface area contributed by atoms with E-state index in [1.54, 1.807) is 0 Å². The van der Waals surface area contributed by atoms with Gasteiger partial charge >= 0.3 is 0 Å². The summed E-state index contributed by atoms with van der Waals surface area (Å²) in [5.41, 5.74) is 0. The second-order valence-corrected chi connectivity index (χ2v) is 6.21. The van der Waals surface area contributed by atoms with Crippen molar-refractivity contribution in [2.45, 2.75) is 45.4 Å². The molecule has 3 heterocycles. The molecule has 1 unspecified atom stereocenters. The quantitative estimate of drug-likeness (QED) is 0.829. The minimum atomic E-state index is 0.750.